The molecule has 12 nitrogen and oxygen atoms in total. The van der Waals surface area contributed by atoms with Crippen LogP contribution in [0.2, 0.25) is 10.0 Å². The summed E-state index contributed by atoms with van der Waals surface area (Å²) in [6, 6.07) is 5.44. The molecule has 5 N–H and O–H groups in total. The van der Waals surface area contributed by atoms with Crippen molar-refractivity contribution in [3.8, 4) is 23.0 Å². The quantitative estimate of drug-likeness (QED) is 0.0929. The molecule has 3 aliphatic rings. The van der Waals surface area contributed by atoms with E-state index in [0.717, 1.165) is 6.42 Å². The number of hydrogen-bond donors (Lipinski definition) is 4. The van der Waals surface area contributed by atoms with Crippen LogP contribution in [0.25, 0.3) is 22.6 Å². The molecule has 0 amide bonds. The average Bonchev–Trinajstić information content (AvgIpc) is 2.84. The van der Waals surface area contributed by atoms with Crippen LogP contribution in [0.1, 0.15) is 19.8 Å². The molecule has 2 aromatic carbocycles. The molecule has 2 heterocycles. The lowest BCUT2D eigenvalue weighted by molar-refractivity contribution is 0.450. The van der Waals surface area contributed by atoms with E-state index in [4.69, 9.17) is 38.1 Å². The Kier molecular flexibility index (Phi) is 6.44. The second-order valence-corrected chi connectivity index (χ2v) is 11.7. The molecule has 2 aromatic rings. The van der Waals surface area contributed by atoms with Crippen molar-refractivity contribution in [2.45, 2.75) is 29.6 Å². The number of halogens is 2. The second-order valence-electron chi connectivity index (χ2n) is 8.26. The number of nitrogens with two attached hydrogens (primary N) is 1. The first-order valence-corrected chi connectivity index (χ1v) is 14.6. The zero-order valence-corrected chi connectivity index (χ0v) is 22.5. The van der Waals surface area contributed by atoms with Gasteiger partial charge in [-0.15, -0.1) is 0 Å². The maximum absolute atomic E-state index is 12.3. The Morgan fingerprint density at radius 3 is 2.39 bits per heavy atom. The fourth-order valence-corrected chi connectivity index (χ4v) is 6.05. The predicted octanol–water partition coefficient (Wildman–Crippen LogP) is 4.87. The molecule has 0 atom stereocenters. The van der Waals surface area contributed by atoms with Gasteiger partial charge in [0.05, 0.1) is 16.7 Å². The molecule has 200 valence electrons. The number of rotatable bonds is 5. The van der Waals surface area contributed by atoms with Gasteiger partial charge < -0.3 is 20.2 Å². The van der Waals surface area contributed by atoms with E-state index >= 15 is 0 Å². The fraction of sp³-hybridized carbons (Fsp3) is 0.182. The number of nitrogens with zero attached hydrogens (tertiary/aromatic N) is 2. The standard InChI is InChI=1S/C22H18Cl2N4O8S2/c1-2-3-8-26-12-7-6-11-18(22(12)38(32,33)34)36-20-14(24)15-19(13(23)16(20)28-11)35-17-10(27-15)5-4-9(25)21(17)37(29,30)31/h4-7,27H,2-3,8,25H2,1H3,(H,29,30,31)(H,32,33,34). The van der Waals surface area contributed by atoms with Crippen LogP contribution in [-0.4, -0.2) is 37.5 Å². The number of unbranched alkanes of at least 4 members (excludes halogenated alkanes) is 1. The smallest absolute Gasteiger partial charge is 0.300 e. The Hall–Kier alpha value is -3.14. The highest BCUT2D eigenvalue weighted by Gasteiger charge is 2.34. The summed E-state index contributed by atoms with van der Waals surface area (Å²) in [5.41, 5.74) is 5.43. The molecule has 0 fully saturated rings. The number of fused-ring (bicyclic) bond motifs is 4. The Labute approximate surface area is 225 Å². The highest BCUT2D eigenvalue weighted by atomic mass is 35.5. The van der Waals surface area contributed by atoms with Crippen LogP contribution >= 0.6 is 23.2 Å². The number of hydrogen-bond acceptors (Lipinski definition) is 10. The van der Waals surface area contributed by atoms with E-state index in [2.05, 4.69) is 15.3 Å². The van der Waals surface area contributed by atoms with Crippen LogP contribution < -0.4 is 21.1 Å². The van der Waals surface area contributed by atoms with Gasteiger partial charge in [0.15, 0.2) is 32.6 Å². The lowest BCUT2D eigenvalue weighted by Crippen LogP contribution is -2.18. The van der Waals surface area contributed by atoms with Gasteiger partial charge in [-0.2, -0.15) is 16.8 Å². The van der Waals surface area contributed by atoms with E-state index in [9.17, 15) is 25.9 Å². The second kappa shape index (κ2) is 9.25. The summed E-state index contributed by atoms with van der Waals surface area (Å²) >= 11 is 13.2. The Balaban J connectivity index is 1.81. The van der Waals surface area contributed by atoms with Gasteiger partial charge in [-0.05, 0) is 30.7 Å². The van der Waals surface area contributed by atoms with Crippen molar-refractivity contribution < 1.29 is 35.1 Å². The van der Waals surface area contributed by atoms with Crippen LogP contribution in [0, 0.1) is 0 Å². The van der Waals surface area contributed by atoms with Crippen molar-refractivity contribution >= 4 is 71.6 Å². The van der Waals surface area contributed by atoms with Crippen molar-refractivity contribution in [2.24, 2.45) is 4.99 Å². The largest absolute Gasteiger partial charge is 0.450 e. The summed E-state index contributed by atoms with van der Waals surface area (Å²) in [6.07, 6.45) is 1.52. The van der Waals surface area contributed by atoms with Crippen molar-refractivity contribution in [1.29, 1.82) is 0 Å². The molecule has 0 aromatic heterocycles. The summed E-state index contributed by atoms with van der Waals surface area (Å²) in [5.74, 6) is -0.758. The van der Waals surface area contributed by atoms with Crippen molar-refractivity contribution in [2.75, 3.05) is 17.6 Å². The molecular formula is C22H18Cl2N4O8S2. The summed E-state index contributed by atoms with van der Waals surface area (Å²) < 4.78 is 80.0. The van der Waals surface area contributed by atoms with E-state index in [-0.39, 0.29) is 66.5 Å². The topological polar surface area (TPSA) is 194 Å². The van der Waals surface area contributed by atoms with Gasteiger partial charge in [-0.3, -0.25) is 14.1 Å². The number of nitrogen functional groups attached to an aromatic ring is 1. The monoisotopic (exact) mass is 600 g/mol. The molecule has 1 aliphatic carbocycles. The first-order valence-electron chi connectivity index (χ1n) is 10.9. The minimum atomic E-state index is -4.81. The van der Waals surface area contributed by atoms with Gasteiger partial charge in [-0.25, -0.2) is 4.98 Å². The molecular weight excluding hydrogens is 583 g/mol. The van der Waals surface area contributed by atoms with Crippen LogP contribution in [0.15, 0.2) is 43.5 Å². The van der Waals surface area contributed by atoms with Gasteiger partial charge in [0, 0.05) is 6.54 Å². The number of anilines is 3. The normalized spacial score (nSPS) is 13.8. The van der Waals surface area contributed by atoms with E-state index < -0.39 is 30.0 Å². The van der Waals surface area contributed by atoms with Crippen LogP contribution in [0.4, 0.5) is 17.1 Å². The third kappa shape index (κ3) is 4.32. The molecule has 2 aliphatic heterocycles. The maximum atomic E-state index is 12.3. The molecule has 38 heavy (non-hydrogen) atoms. The van der Waals surface area contributed by atoms with Gasteiger partial charge in [0.25, 0.3) is 10.1 Å². The van der Waals surface area contributed by atoms with Crippen LogP contribution in [-0.2, 0) is 20.2 Å². The highest BCUT2D eigenvalue weighted by Crippen LogP contribution is 2.55. The highest BCUT2D eigenvalue weighted by molar-refractivity contribution is 7.86. The third-order valence-electron chi connectivity index (χ3n) is 5.69. The molecule has 0 spiro atoms. The van der Waals surface area contributed by atoms with Crippen molar-refractivity contribution in [3.63, 3.8) is 0 Å². The van der Waals surface area contributed by atoms with Gasteiger partial charge in [-0.1, -0.05) is 36.5 Å². The molecule has 0 saturated carbocycles. The van der Waals surface area contributed by atoms with Gasteiger partial charge in [0.2, 0.25) is 0 Å². The average molecular weight is 601 g/mol. The van der Waals surface area contributed by atoms with E-state index in [1.807, 2.05) is 6.92 Å². The zero-order valence-electron chi connectivity index (χ0n) is 19.3. The van der Waals surface area contributed by atoms with Crippen molar-refractivity contribution in [3.05, 3.63) is 39.7 Å². The fourth-order valence-electron chi connectivity index (χ4n) is 4.00. The van der Waals surface area contributed by atoms with Gasteiger partial charge >= 0.3 is 10.1 Å². The Morgan fingerprint density at radius 2 is 1.74 bits per heavy atom. The van der Waals surface area contributed by atoms with E-state index in [1.165, 1.54) is 24.3 Å². The van der Waals surface area contributed by atoms with E-state index in [0.29, 0.717) is 13.0 Å². The van der Waals surface area contributed by atoms with Crippen molar-refractivity contribution in [1.82, 2.24) is 4.98 Å². The summed E-state index contributed by atoms with van der Waals surface area (Å²) in [7, 11) is -9.60. The first kappa shape index (κ1) is 26.5. The minimum absolute atomic E-state index is 0.00419. The lowest BCUT2D eigenvalue weighted by atomic mass is 10.1. The molecule has 5 rings (SSSR count). The predicted molar refractivity (Wildman–Crippen MR) is 140 cm³/mol. The number of nitrogens with one attached hydrogen (secondary N) is 1. The summed E-state index contributed by atoms with van der Waals surface area (Å²) in [6.45, 7) is 2.27. The summed E-state index contributed by atoms with van der Waals surface area (Å²) in [5, 5.41) is 2.55. The Morgan fingerprint density at radius 1 is 1.03 bits per heavy atom. The lowest BCUT2D eigenvalue weighted by Gasteiger charge is -2.26. The number of aromatic nitrogens is 1. The molecule has 0 saturated heterocycles. The maximum Gasteiger partial charge on any atom is 0.300 e. The first-order chi connectivity index (χ1) is 17.8. The zero-order chi connectivity index (χ0) is 27.6. The Bertz CT molecular complexity index is 1910. The molecule has 0 bridgehead atoms. The van der Waals surface area contributed by atoms with Crippen LogP contribution in [0.5, 0.6) is 11.5 Å². The molecule has 0 radical (unpaired) electrons. The SMILES string of the molecule is CCCCN=c1ccc2nc3c(Cl)c4c(c(Cl)c3oc-2c1S(=O)(=O)O)Nc1ccc(N)c(S(=O)(=O)O)c1O4. The molecule has 16 heteroatoms. The molecule has 0 unspecified atom stereocenters. The van der Waals surface area contributed by atoms with Crippen LogP contribution in [0.3, 0.4) is 0 Å². The third-order valence-corrected chi connectivity index (χ3v) is 8.25. The minimum Gasteiger partial charge on any atom is -0.450 e. The van der Waals surface area contributed by atoms with E-state index in [1.54, 1.807) is 0 Å². The number of ether oxygens (including phenoxy) is 1. The summed E-state index contributed by atoms with van der Waals surface area (Å²) in [4.78, 5) is 7.39. The van der Waals surface area contributed by atoms with Gasteiger partial charge in [0.1, 0.15) is 26.9 Å². The number of benzene rings is 3.